The summed E-state index contributed by atoms with van der Waals surface area (Å²) in [5, 5.41) is 4.31. The van der Waals surface area contributed by atoms with Crippen LogP contribution in [0.15, 0.2) is 54.7 Å². The van der Waals surface area contributed by atoms with E-state index in [0.29, 0.717) is 31.4 Å². The Kier molecular flexibility index (Phi) is 6.04. The van der Waals surface area contributed by atoms with Crippen LogP contribution in [0.3, 0.4) is 0 Å². The summed E-state index contributed by atoms with van der Waals surface area (Å²) in [5.74, 6) is 0.453. The fraction of sp³-hybridized carbons (Fsp3) is 0.385. The maximum absolute atomic E-state index is 13.9. The number of benzene rings is 2. The van der Waals surface area contributed by atoms with Gasteiger partial charge < -0.3 is 19.9 Å². The van der Waals surface area contributed by atoms with Gasteiger partial charge in [-0.1, -0.05) is 30.3 Å². The predicted molar refractivity (Wildman–Crippen MR) is 133 cm³/mol. The molecule has 0 saturated carbocycles. The van der Waals surface area contributed by atoms with E-state index in [2.05, 4.69) is 32.1 Å². The van der Waals surface area contributed by atoms with Crippen LogP contribution < -0.4 is 20.0 Å². The highest BCUT2D eigenvalue weighted by Gasteiger charge is 2.40. The monoisotopic (exact) mass is 512 g/mol. The Morgan fingerprint density at radius 3 is 2.73 bits per heavy atom. The van der Waals surface area contributed by atoms with Crippen LogP contribution in [-0.2, 0) is 11.0 Å². The summed E-state index contributed by atoms with van der Waals surface area (Å²) in [6, 6.07) is 14.9. The summed E-state index contributed by atoms with van der Waals surface area (Å²) in [6.45, 7) is 3.69. The van der Waals surface area contributed by atoms with E-state index < -0.39 is 17.8 Å². The van der Waals surface area contributed by atoms with Gasteiger partial charge in [0, 0.05) is 44.0 Å². The lowest BCUT2D eigenvalue weighted by Gasteiger charge is -2.44. The van der Waals surface area contributed by atoms with Gasteiger partial charge in [-0.3, -0.25) is 4.84 Å². The molecule has 0 aliphatic carbocycles. The van der Waals surface area contributed by atoms with Crippen LogP contribution in [0.1, 0.15) is 23.6 Å². The number of rotatable bonds is 4. The molecular formula is C26H27F3N6O2. The molecule has 0 bridgehead atoms. The third kappa shape index (κ3) is 4.64. The smallest absolute Gasteiger partial charge is 0.421 e. The fourth-order valence-corrected chi connectivity index (χ4v) is 5.19. The van der Waals surface area contributed by atoms with Crippen LogP contribution >= 0.6 is 0 Å². The lowest BCUT2D eigenvalue weighted by Crippen LogP contribution is -2.56. The predicted octanol–water partition coefficient (Wildman–Crippen LogP) is 4.63. The molecule has 6 rings (SSSR count). The minimum absolute atomic E-state index is 0.0403. The Hall–Kier alpha value is -3.57. The van der Waals surface area contributed by atoms with Crippen molar-refractivity contribution < 1.29 is 22.7 Å². The first-order chi connectivity index (χ1) is 17.9. The van der Waals surface area contributed by atoms with Crippen LogP contribution in [0.2, 0.25) is 0 Å². The topological polar surface area (TPSA) is 66.0 Å². The van der Waals surface area contributed by atoms with Gasteiger partial charge in [0.25, 0.3) is 0 Å². The largest absolute Gasteiger partial charge is 0.489 e. The molecule has 2 fully saturated rings. The number of likely N-dealkylation sites (N-methyl/N-ethyl adjacent to an activating group) is 1. The molecule has 194 valence electrons. The number of alkyl halides is 3. The lowest BCUT2D eigenvalue weighted by molar-refractivity contribution is -0.138. The summed E-state index contributed by atoms with van der Waals surface area (Å²) in [7, 11) is 2.10. The fourth-order valence-electron chi connectivity index (χ4n) is 5.19. The van der Waals surface area contributed by atoms with Crippen molar-refractivity contribution >= 4 is 23.1 Å². The molecule has 1 aromatic heterocycles. The number of nitrogens with zero attached hydrogens (tertiary/aromatic N) is 5. The van der Waals surface area contributed by atoms with Crippen molar-refractivity contribution in [3.8, 4) is 5.75 Å². The van der Waals surface area contributed by atoms with Crippen molar-refractivity contribution in [1.82, 2.24) is 14.9 Å². The number of hydrogen-bond donors (Lipinski definition) is 1. The Morgan fingerprint density at radius 1 is 1.08 bits per heavy atom. The molecule has 0 unspecified atom stereocenters. The number of piperazine rings is 1. The average Bonchev–Trinajstić information content (AvgIpc) is 3.38. The van der Waals surface area contributed by atoms with E-state index in [1.165, 1.54) is 5.06 Å². The first kappa shape index (κ1) is 23.8. The molecule has 3 aliphatic rings. The van der Waals surface area contributed by atoms with Crippen LogP contribution in [-0.4, -0.2) is 60.8 Å². The van der Waals surface area contributed by atoms with Gasteiger partial charge >= 0.3 is 6.18 Å². The zero-order chi connectivity index (χ0) is 25.6. The minimum Gasteiger partial charge on any atom is -0.489 e. The highest BCUT2D eigenvalue weighted by Crippen LogP contribution is 2.42. The summed E-state index contributed by atoms with van der Waals surface area (Å²) < 4.78 is 47.8. The van der Waals surface area contributed by atoms with Crippen molar-refractivity contribution in [1.29, 1.82) is 0 Å². The number of nitrogens with one attached hydrogen (secondary N) is 1. The van der Waals surface area contributed by atoms with Gasteiger partial charge in [-0.2, -0.15) is 18.2 Å². The second-order valence-corrected chi connectivity index (χ2v) is 9.53. The third-order valence-corrected chi connectivity index (χ3v) is 7.01. The molecule has 0 amide bonds. The Balaban J connectivity index is 1.29. The van der Waals surface area contributed by atoms with Crippen molar-refractivity contribution in [2.75, 3.05) is 55.2 Å². The van der Waals surface area contributed by atoms with Crippen molar-refractivity contribution in [3.05, 3.63) is 65.9 Å². The van der Waals surface area contributed by atoms with E-state index in [4.69, 9.17) is 9.57 Å². The second kappa shape index (κ2) is 9.38. The number of aromatic nitrogens is 2. The SMILES string of the molecule is CN1CCN2c3ccc(Nc4ncc(C(F)(F)F)c(N5OCC[C@H]5c5ccccc5)n4)cc3OC[C@@H]2C1. The van der Waals surface area contributed by atoms with Crippen LogP contribution in [0.4, 0.5) is 36.3 Å². The first-order valence-corrected chi connectivity index (χ1v) is 12.3. The van der Waals surface area contributed by atoms with Gasteiger partial charge in [0.1, 0.15) is 17.9 Å². The highest BCUT2D eigenvalue weighted by atomic mass is 19.4. The molecule has 37 heavy (non-hydrogen) atoms. The maximum atomic E-state index is 13.9. The minimum atomic E-state index is -4.64. The zero-order valence-electron chi connectivity index (χ0n) is 20.3. The van der Waals surface area contributed by atoms with E-state index in [1.54, 1.807) is 0 Å². The summed E-state index contributed by atoms with van der Waals surface area (Å²) in [4.78, 5) is 18.6. The number of halogens is 3. The normalized spacial score (nSPS) is 21.8. The second-order valence-electron chi connectivity index (χ2n) is 9.53. The Labute approximate surface area is 212 Å². The van der Waals surface area contributed by atoms with Crippen LogP contribution in [0.25, 0.3) is 0 Å². The quantitative estimate of drug-likeness (QED) is 0.543. The molecule has 2 aromatic carbocycles. The van der Waals surface area contributed by atoms with Gasteiger partial charge in [-0.25, -0.2) is 10.0 Å². The molecule has 2 atom stereocenters. The Bertz CT molecular complexity index is 1270. The number of anilines is 4. The lowest BCUT2D eigenvalue weighted by atomic mass is 10.0. The number of hydrogen-bond acceptors (Lipinski definition) is 8. The molecule has 8 nitrogen and oxygen atoms in total. The molecular weight excluding hydrogens is 485 g/mol. The van der Waals surface area contributed by atoms with E-state index in [9.17, 15) is 13.2 Å². The molecule has 0 radical (unpaired) electrons. The standard InChI is InChI=1S/C26H27F3N6O2/c1-33-10-11-34-19(15-33)16-36-23-13-18(7-8-22(23)34)31-25-30-14-20(26(27,28)29)24(32-25)35-21(9-12-37-35)17-5-3-2-4-6-17/h2-8,13-14,19,21H,9-12,15-16H2,1H3,(H,30,31,32)/t19-,21-/m0/s1. The number of hydroxylamine groups is 1. The average molecular weight is 513 g/mol. The molecule has 11 heteroatoms. The summed E-state index contributed by atoms with van der Waals surface area (Å²) in [6.07, 6.45) is -3.29. The van der Waals surface area contributed by atoms with E-state index >= 15 is 0 Å². The van der Waals surface area contributed by atoms with Gasteiger partial charge in [-0.05, 0) is 24.7 Å². The number of fused-ring (bicyclic) bond motifs is 3. The molecule has 1 N–H and O–H groups in total. The van der Waals surface area contributed by atoms with Crippen molar-refractivity contribution in [2.24, 2.45) is 0 Å². The Morgan fingerprint density at radius 2 is 1.92 bits per heavy atom. The molecule has 2 saturated heterocycles. The first-order valence-electron chi connectivity index (χ1n) is 12.3. The van der Waals surface area contributed by atoms with Crippen molar-refractivity contribution in [2.45, 2.75) is 24.7 Å². The van der Waals surface area contributed by atoms with E-state index in [1.807, 2.05) is 48.5 Å². The molecule has 3 aliphatic heterocycles. The van der Waals surface area contributed by atoms with Gasteiger partial charge in [0.2, 0.25) is 5.95 Å². The van der Waals surface area contributed by atoms with Gasteiger partial charge in [-0.15, -0.1) is 0 Å². The van der Waals surface area contributed by atoms with Crippen LogP contribution in [0.5, 0.6) is 5.75 Å². The molecule has 4 heterocycles. The molecule has 0 spiro atoms. The molecule has 3 aromatic rings. The maximum Gasteiger partial charge on any atom is 0.421 e. The highest BCUT2D eigenvalue weighted by molar-refractivity contribution is 5.69. The number of ether oxygens (including phenoxy) is 1. The van der Waals surface area contributed by atoms with Crippen LogP contribution in [0, 0.1) is 0 Å². The summed E-state index contributed by atoms with van der Waals surface area (Å²) >= 11 is 0. The van der Waals surface area contributed by atoms with Gasteiger partial charge in [0.05, 0.1) is 24.4 Å². The van der Waals surface area contributed by atoms with Gasteiger partial charge in [0.15, 0.2) is 5.82 Å². The van der Waals surface area contributed by atoms with E-state index in [0.717, 1.165) is 42.8 Å². The third-order valence-electron chi connectivity index (χ3n) is 7.01. The van der Waals surface area contributed by atoms with E-state index in [-0.39, 0.29) is 11.8 Å². The van der Waals surface area contributed by atoms with Crippen molar-refractivity contribution in [3.63, 3.8) is 0 Å². The summed E-state index contributed by atoms with van der Waals surface area (Å²) in [5.41, 5.74) is 1.55. The zero-order valence-corrected chi connectivity index (χ0v) is 20.3.